The first kappa shape index (κ1) is 11.4. The van der Waals surface area contributed by atoms with E-state index < -0.39 is 0 Å². The van der Waals surface area contributed by atoms with E-state index in [1.807, 2.05) is 18.2 Å². The van der Waals surface area contributed by atoms with Crippen molar-refractivity contribution in [2.75, 3.05) is 19.7 Å². The van der Waals surface area contributed by atoms with Crippen molar-refractivity contribution in [2.45, 2.75) is 19.4 Å². The molecule has 1 N–H and O–H groups in total. The number of nitrogens with one attached hydrogen (secondary N) is 1. The second kappa shape index (κ2) is 6.46. The Morgan fingerprint density at radius 2 is 2.06 bits per heavy atom. The maximum absolute atomic E-state index is 5.65. The van der Waals surface area contributed by atoms with Gasteiger partial charge in [-0.05, 0) is 24.9 Å². The van der Waals surface area contributed by atoms with Crippen molar-refractivity contribution >= 4 is 0 Å². The molecule has 0 atom stereocenters. The molecule has 1 aromatic carbocycles. The topological polar surface area (TPSA) is 21.3 Å². The van der Waals surface area contributed by atoms with Crippen LogP contribution in [0.1, 0.15) is 18.4 Å². The molecule has 0 spiro atoms. The van der Waals surface area contributed by atoms with E-state index in [4.69, 9.17) is 4.74 Å². The van der Waals surface area contributed by atoms with Crippen LogP contribution in [0, 0.1) is 0 Å². The predicted molar refractivity (Wildman–Crippen MR) is 66.3 cm³/mol. The molecule has 0 bridgehead atoms. The number of ether oxygens (including phenoxy) is 1. The fourth-order valence-electron chi connectivity index (χ4n) is 1.86. The molecule has 1 aliphatic rings. The lowest BCUT2D eigenvalue weighted by Crippen LogP contribution is -2.22. The third kappa shape index (κ3) is 3.80. The SMILES string of the molecule is C1=C(CCOCc2ccccc2)CNCC1. The highest BCUT2D eigenvalue weighted by atomic mass is 16.5. The molecule has 2 rings (SSSR count). The molecule has 0 radical (unpaired) electrons. The van der Waals surface area contributed by atoms with Crippen LogP contribution >= 0.6 is 0 Å². The highest BCUT2D eigenvalue weighted by Crippen LogP contribution is 2.07. The van der Waals surface area contributed by atoms with Crippen LogP contribution in [-0.4, -0.2) is 19.7 Å². The molecule has 16 heavy (non-hydrogen) atoms. The average Bonchev–Trinajstić information content (AvgIpc) is 2.37. The van der Waals surface area contributed by atoms with Gasteiger partial charge < -0.3 is 10.1 Å². The fraction of sp³-hybridized carbons (Fsp3) is 0.429. The van der Waals surface area contributed by atoms with Gasteiger partial charge >= 0.3 is 0 Å². The minimum atomic E-state index is 0.724. The largest absolute Gasteiger partial charge is 0.376 e. The summed E-state index contributed by atoms with van der Waals surface area (Å²) in [7, 11) is 0. The van der Waals surface area contributed by atoms with E-state index in [-0.39, 0.29) is 0 Å². The summed E-state index contributed by atoms with van der Waals surface area (Å²) < 4.78 is 5.65. The fourth-order valence-corrected chi connectivity index (χ4v) is 1.86. The lowest BCUT2D eigenvalue weighted by atomic mass is 10.1. The summed E-state index contributed by atoms with van der Waals surface area (Å²) in [5.74, 6) is 0. The van der Waals surface area contributed by atoms with Crippen molar-refractivity contribution < 1.29 is 4.74 Å². The Balaban J connectivity index is 1.63. The first-order chi connectivity index (χ1) is 7.95. The molecule has 1 aromatic rings. The van der Waals surface area contributed by atoms with Crippen LogP contribution in [0.4, 0.5) is 0 Å². The molecule has 0 aliphatic carbocycles. The molecule has 0 aromatic heterocycles. The highest BCUT2D eigenvalue weighted by Gasteiger charge is 2.02. The van der Waals surface area contributed by atoms with E-state index in [1.54, 1.807) is 0 Å². The van der Waals surface area contributed by atoms with Gasteiger partial charge in [0.05, 0.1) is 13.2 Å². The van der Waals surface area contributed by atoms with Gasteiger partial charge in [0, 0.05) is 6.54 Å². The van der Waals surface area contributed by atoms with Crippen molar-refractivity contribution in [3.8, 4) is 0 Å². The van der Waals surface area contributed by atoms with Crippen LogP contribution in [-0.2, 0) is 11.3 Å². The monoisotopic (exact) mass is 217 g/mol. The molecule has 0 fully saturated rings. The van der Waals surface area contributed by atoms with E-state index in [9.17, 15) is 0 Å². The van der Waals surface area contributed by atoms with Crippen LogP contribution < -0.4 is 5.32 Å². The molecule has 2 nitrogen and oxygen atoms in total. The molecule has 0 saturated heterocycles. The summed E-state index contributed by atoms with van der Waals surface area (Å²) in [5, 5.41) is 3.37. The van der Waals surface area contributed by atoms with E-state index in [0.29, 0.717) is 0 Å². The van der Waals surface area contributed by atoms with Crippen LogP contribution in [0.3, 0.4) is 0 Å². The first-order valence-corrected chi connectivity index (χ1v) is 5.95. The van der Waals surface area contributed by atoms with Crippen molar-refractivity contribution in [3.63, 3.8) is 0 Å². The summed E-state index contributed by atoms with van der Waals surface area (Å²) in [6, 6.07) is 10.3. The van der Waals surface area contributed by atoms with Gasteiger partial charge in [-0.2, -0.15) is 0 Å². The van der Waals surface area contributed by atoms with Crippen LogP contribution in [0.15, 0.2) is 42.0 Å². The van der Waals surface area contributed by atoms with Gasteiger partial charge in [-0.3, -0.25) is 0 Å². The minimum Gasteiger partial charge on any atom is -0.376 e. The number of benzene rings is 1. The molecule has 0 amide bonds. The lowest BCUT2D eigenvalue weighted by molar-refractivity contribution is 0.123. The quantitative estimate of drug-likeness (QED) is 0.604. The molecular formula is C14H19NO. The third-order valence-electron chi connectivity index (χ3n) is 2.79. The van der Waals surface area contributed by atoms with E-state index >= 15 is 0 Å². The third-order valence-corrected chi connectivity index (χ3v) is 2.79. The van der Waals surface area contributed by atoms with Gasteiger partial charge in [0.15, 0.2) is 0 Å². The first-order valence-electron chi connectivity index (χ1n) is 5.95. The minimum absolute atomic E-state index is 0.724. The van der Waals surface area contributed by atoms with Gasteiger partial charge in [0.1, 0.15) is 0 Å². The molecule has 0 saturated carbocycles. The van der Waals surface area contributed by atoms with Crippen molar-refractivity contribution in [1.82, 2.24) is 5.32 Å². The molecule has 0 unspecified atom stereocenters. The normalized spacial score (nSPS) is 15.9. The van der Waals surface area contributed by atoms with Crippen molar-refractivity contribution in [2.24, 2.45) is 0 Å². The van der Waals surface area contributed by atoms with Gasteiger partial charge in [-0.1, -0.05) is 42.0 Å². The second-order valence-electron chi connectivity index (χ2n) is 4.12. The van der Waals surface area contributed by atoms with E-state index in [0.717, 1.165) is 39.1 Å². The molecule has 1 aliphatic heterocycles. The zero-order valence-electron chi connectivity index (χ0n) is 9.61. The predicted octanol–water partition coefficient (Wildman–Crippen LogP) is 2.51. The van der Waals surface area contributed by atoms with Gasteiger partial charge in [0.2, 0.25) is 0 Å². The maximum Gasteiger partial charge on any atom is 0.0717 e. The number of hydrogen-bond donors (Lipinski definition) is 1. The van der Waals surface area contributed by atoms with Crippen molar-refractivity contribution in [3.05, 3.63) is 47.5 Å². The molecule has 2 heteroatoms. The Morgan fingerprint density at radius 1 is 1.19 bits per heavy atom. The summed E-state index contributed by atoms with van der Waals surface area (Å²) in [5.41, 5.74) is 2.73. The molecule has 86 valence electrons. The Bertz CT molecular complexity index is 332. The average molecular weight is 217 g/mol. The van der Waals surface area contributed by atoms with Gasteiger partial charge in [0.25, 0.3) is 0 Å². The van der Waals surface area contributed by atoms with E-state index in [2.05, 4.69) is 23.5 Å². The van der Waals surface area contributed by atoms with Crippen LogP contribution in [0.2, 0.25) is 0 Å². The summed E-state index contributed by atoms with van der Waals surface area (Å²) in [4.78, 5) is 0. The molecule has 1 heterocycles. The summed E-state index contributed by atoms with van der Waals surface area (Å²) in [6.45, 7) is 3.70. The van der Waals surface area contributed by atoms with E-state index in [1.165, 1.54) is 11.1 Å². The Labute approximate surface area is 97.3 Å². The van der Waals surface area contributed by atoms with Gasteiger partial charge in [-0.25, -0.2) is 0 Å². The Morgan fingerprint density at radius 3 is 2.81 bits per heavy atom. The van der Waals surface area contributed by atoms with Crippen LogP contribution in [0.25, 0.3) is 0 Å². The Hall–Kier alpha value is -1.12. The maximum atomic E-state index is 5.65. The van der Waals surface area contributed by atoms with Crippen molar-refractivity contribution in [1.29, 1.82) is 0 Å². The zero-order chi connectivity index (χ0) is 11.1. The summed E-state index contributed by atoms with van der Waals surface area (Å²) in [6.07, 6.45) is 4.55. The Kier molecular flexibility index (Phi) is 4.59. The standard InChI is InChI=1S/C14H19NO/c1-2-5-14(6-3-1)12-16-10-8-13-7-4-9-15-11-13/h1-3,5-7,15H,4,8-12H2. The molecular weight excluding hydrogens is 198 g/mol. The number of hydrogen-bond acceptors (Lipinski definition) is 2. The zero-order valence-corrected chi connectivity index (χ0v) is 9.61. The van der Waals surface area contributed by atoms with Crippen LogP contribution in [0.5, 0.6) is 0 Å². The highest BCUT2D eigenvalue weighted by molar-refractivity contribution is 5.13. The number of rotatable bonds is 5. The summed E-state index contributed by atoms with van der Waals surface area (Å²) >= 11 is 0. The lowest BCUT2D eigenvalue weighted by Gasteiger charge is -2.14. The van der Waals surface area contributed by atoms with Gasteiger partial charge in [-0.15, -0.1) is 0 Å². The smallest absolute Gasteiger partial charge is 0.0717 e. The second-order valence-corrected chi connectivity index (χ2v) is 4.12.